The predicted molar refractivity (Wildman–Crippen MR) is 130 cm³/mol. The van der Waals surface area contributed by atoms with Gasteiger partial charge < -0.3 is 9.80 Å². The van der Waals surface area contributed by atoms with E-state index in [4.69, 9.17) is 0 Å². The van der Waals surface area contributed by atoms with Crippen LogP contribution in [-0.2, 0) is 0 Å². The van der Waals surface area contributed by atoms with Gasteiger partial charge in [0.2, 0.25) is 5.95 Å². The maximum absolute atomic E-state index is 12.4. The van der Waals surface area contributed by atoms with Crippen molar-refractivity contribution >= 4 is 33.8 Å². The summed E-state index contributed by atoms with van der Waals surface area (Å²) in [7, 11) is 2.12. The van der Waals surface area contributed by atoms with Crippen molar-refractivity contribution in [2.45, 2.75) is 0 Å². The summed E-state index contributed by atoms with van der Waals surface area (Å²) in [5.74, 6) is 0.169. The lowest BCUT2D eigenvalue weighted by atomic mass is 10.1. The van der Waals surface area contributed by atoms with E-state index in [1.165, 1.54) is 0 Å². The summed E-state index contributed by atoms with van der Waals surface area (Å²) >= 11 is 3.56. The lowest BCUT2D eigenvalue weighted by molar-refractivity contribution is 0.313. The van der Waals surface area contributed by atoms with E-state index in [0.29, 0.717) is 11.3 Å². The zero-order valence-electron chi connectivity index (χ0n) is 17.5. The molecule has 8 nitrogen and oxygen atoms in total. The Hall–Kier alpha value is -3.48. The molecular formula is C23H22BrN7O. The summed E-state index contributed by atoms with van der Waals surface area (Å²) in [6, 6.07) is 17.1. The van der Waals surface area contributed by atoms with Crippen LogP contribution < -0.4 is 15.9 Å². The van der Waals surface area contributed by atoms with Crippen LogP contribution in [0.5, 0.6) is 0 Å². The van der Waals surface area contributed by atoms with E-state index in [9.17, 15) is 10.1 Å². The largest absolute Gasteiger partial charge is 0.368 e. The molecule has 32 heavy (non-hydrogen) atoms. The molecule has 1 aliphatic rings. The van der Waals surface area contributed by atoms with Crippen molar-refractivity contribution in [1.29, 1.82) is 5.26 Å². The highest BCUT2D eigenvalue weighted by Gasteiger charge is 2.17. The summed E-state index contributed by atoms with van der Waals surface area (Å²) < 4.78 is 1.00. The fraction of sp³-hybridized carbons (Fsp3) is 0.217. The zero-order valence-corrected chi connectivity index (χ0v) is 19.1. The number of nitriles is 1. The normalized spacial score (nSPS) is 14.5. The fourth-order valence-electron chi connectivity index (χ4n) is 3.54. The predicted octanol–water partition coefficient (Wildman–Crippen LogP) is 3.27. The minimum absolute atomic E-state index is 0.0315. The van der Waals surface area contributed by atoms with Gasteiger partial charge in [0.25, 0.3) is 5.56 Å². The molecule has 3 aromatic rings. The summed E-state index contributed by atoms with van der Waals surface area (Å²) in [6.07, 6.45) is 1.71. The van der Waals surface area contributed by atoms with Crippen molar-refractivity contribution in [3.05, 3.63) is 74.5 Å². The average molecular weight is 492 g/mol. The van der Waals surface area contributed by atoms with Gasteiger partial charge in [-0.25, -0.2) is 10.4 Å². The Bertz CT molecular complexity index is 1230. The highest BCUT2D eigenvalue weighted by atomic mass is 79.9. The standard InChI is InChI=1S/C23H22BrN7O/c1-30-9-11-31(12-10-30)20-13-18(24)8-7-17(20)15-26-29-23-27-21(16-5-3-2-4-6-16)19(14-25)22(32)28-23/h2-8,13,15H,9-12H2,1H3,(H2,27,28,29,32). The first kappa shape index (κ1) is 21.7. The van der Waals surface area contributed by atoms with E-state index in [1.807, 2.05) is 36.4 Å². The summed E-state index contributed by atoms with van der Waals surface area (Å²) in [4.78, 5) is 24.0. The molecule has 0 atom stereocenters. The van der Waals surface area contributed by atoms with E-state index in [1.54, 1.807) is 18.3 Å². The molecule has 162 valence electrons. The molecule has 1 aliphatic heterocycles. The number of likely N-dealkylation sites (N-methyl/N-ethyl adjacent to an activating group) is 1. The highest BCUT2D eigenvalue weighted by Crippen LogP contribution is 2.25. The number of hydrogen-bond acceptors (Lipinski definition) is 7. The molecule has 1 saturated heterocycles. The third-order valence-corrected chi connectivity index (χ3v) is 5.78. The molecule has 0 unspecified atom stereocenters. The second-order valence-electron chi connectivity index (χ2n) is 7.48. The van der Waals surface area contributed by atoms with Gasteiger partial charge in [0.05, 0.1) is 11.9 Å². The van der Waals surface area contributed by atoms with Crippen LogP contribution in [0, 0.1) is 11.3 Å². The maximum atomic E-state index is 12.4. The number of hydrazone groups is 1. The van der Waals surface area contributed by atoms with Gasteiger partial charge in [-0.05, 0) is 19.2 Å². The van der Waals surface area contributed by atoms with Crippen LogP contribution in [0.4, 0.5) is 11.6 Å². The summed E-state index contributed by atoms with van der Waals surface area (Å²) in [6.45, 7) is 3.87. The quantitative estimate of drug-likeness (QED) is 0.419. The molecule has 0 bridgehead atoms. The van der Waals surface area contributed by atoms with Gasteiger partial charge in [-0.3, -0.25) is 9.78 Å². The van der Waals surface area contributed by atoms with Crippen molar-refractivity contribution in [2.24, 2.45) is 5.10 Å². The van der Waals surface area contributed by atoms with E-state index in [-0.39, 0.29) is 11.5 Å². The van der Waals surface area contributed by atoms with E-state index >= 15 is 0 Å². The molecule has 1 fully saturated rings. The lowest BCUT2D eigenvalue weighted by Gasteiger charge is -2.34. The molecule has 9 heteroatoms. The molecule has 2 heterocycles. The molecule has 2 aromatic carbocycles. The zero-order chi connectivity index (χ0) is 22.5. The van der Waals surface area contributed by atoms with E-state index in [2.05, 4.69) is 59.3 Å². The number of H-pyrrole nitrogens is 1. The number of hydrogen-bond donors (Lipinski definition) is 2. The number of nitrogens with one attached hydrogen (secondary N) is 2. The first-order valence-corrected chi connectivity index (χ1v) is 11.0. The van der Waals surface area contributed by atoms with Crippen LogP contribution in [0.3, 0.4) is 0 Å². The molecule has 4 rings (SSSR count). The van der Waals surface area contributed by atoms with Crippen LogP contribution in [0.25, 0.3) is 11.3 Å². The Morgan fingerprint density at radius 1 is 1.19 bits per heavy atom. The lowest BCUT2D eigenvalue weighted by Crippen LogP contribution is -2.44. The average Bonchev–Trinajstić information content (AvgIpc) is 2.81. The minimum atomic E-state index is -0.513. The maximum Gasteiger partial charge on any atom is 0.270 e. The second-order valence-corrected chi connectivity index (χ2v) is 8.40. The number of rotatable bonds is 5. The molecule has 0 spiro atoms. The second kappa shape index (κ2) is 9.77. The van der Waals surface area contributed by atoms with E-state index in [0.717, 1.165) is 41.9 Å². The minimum Gasteiger partial charge on any atom is -0.368 e. The number of benzene rings is 2. The van der Waals surface area contributed by atoms with Crippen LogP contribution in [0.1, 0.15) is 11.1 Å². The topological polar surface area (TPSA) is 100 Å². The number of aromatic nitrogens is 2. The first-order chi connectivity index (χ1) is 15.5. The van der Waals surface area contributed by atoms with Gasteiger partial charge in [-0.1, -0.05) is 52.3 Å². The molecule has 2 N–H and O–H groups in total. The van der Waals surface area contributed by atoms with Gasteiger partial charge in [0.15, 0.2) is 0 Å². The molecule has 0 aliphatic carbocycles. The molecule has 1 aromatic heterocycles. The van der Waals surface area contributed by atoms with Crippen molar-refractivity contribution in [3.63, 3.8) is 0 Å². The van der Waals surface area contributed by atoms with Crippen molar-refractivity contribution in [3.8, 4) is 17.3 Å². The number of nitrogens with zero attached hydrogens (tertiary/aromatic N) is 5. The number of halogens is 1. The van der Waals surface area contributed by atoms with Gasteiger partial charge in [0.1, 0.15) is 11.6 Å². The summed E-state index contributed by atoms with van der Waals surface area (Å²) in [5, 5.41) is 13.7. The van der Waals surface area contributed by atoms with Crippen LogP contribution >= 0.6 is 15.9 Å². The van der Waals surface area contributed by atoms with Gasteiger partial charge in [0, 0.05) is 47.5 Å². The summed E-state index contributed by atoms with van der Waals surface area (Å²) in [5.41, 5.74) is 5.30. The number of aromatic amines is 1. The number of piperazine rings is 1. The van der Waals surface area contributed by atoms with Gasteiger partial charge >= 0.3 is 0 Å². The Balaban J connectivity index is 1.60. The Kier molecular flexibility index (Phi) is 6.63. The molecule has 0 radical (unpaired) electrons. The van der Waals surface area contributed by atoms with Crippen molar-refractivity contribution in [1.82, 2.24) is 14.9 Å². The molecule has 0 amide bonds. The molecule has 0 saturated carbocycles. The smallest absolute Gasteiger partial charge is 0.270 e. The van der Waals surface area contributed by atoms with Crippen LogP contribution in [0.15, 0.2) is 62.9 Å². The first-order valence-electron chi connectivity index (χ1n) is 10.2. The van der Waals surface area contributed by atoms with Crippen LogP contribution in [0.2, 0.25) is 0 Å². The Morgan fingerprint density at radius 2 is 1.94 bits per heavy atom. The number of anilines is 2. The third kappa shape index (κ3) is 4.88. The Morgan fingerprint density at radius 3 is 2.66 bits per heavy atom. The Labute approximate surface area is 194 Å². The monoisotopic (exact) mass is 491 g/mol. The molecular weight excluding hydrogens is 470 g/mol. The van der Waals surface area contributed by atoms with Gasteiger partial charge in [-0.15, -0.1) is 0 Å². The third-order valence-electron chi connectivity index (χ3n) is 5.29. The van der Waals surface area contributed by atoms with Crippen LogP contribution in [-0.4, -0.2) is 54.3 Å². The van der Waals surface area contributed by atoms with Crippen molar-refractivity contribution in [2.75, 3.05) is 43.6 Å². The van der Waals surface area contributed by atoms with Gasteiger partial charge in [-0.2, -0.15) is 10.4 Å². The van der Waals surface area contributed by atoms with E-state index < -0.39 is 5.56 Å². The highest BCUT2D eigenvalue weighted by molar-refractivity contribution is 9.10. The fourth-order valence-corrected chi connectivity index (χ4v) is 3.89. The SMILES string of the molecule is CN1CCN(c2cc(Br)ccc2C=NNc2nc(-c3ccccc3)c(C#N)c(=O)[nH]2)CC1. The van der Waals surface area contributed by atoms with Crippen molar-refractivity contribution < 1.29 is 0 Å².